The number of esters is 1. The first kappa shape index (κ1) is 23.1. The van der Waals surface area contributed by atoms with Gasteiger partial charge < -0.3 is 14.8 Å². The average Bonchev–Trinajstić information content (AvgIpc) is 3.21. The van der Waals surface area contributed by atoms with E-state index in [1.54, 1.807) is 42.9 Å². The van der Waals surface area contributed by atoms with E-state index in [2.05, 4.69) is 17.3 Å². The Bertz CT molecular complexity index is 1070. The topological polar surface area (TPSA) is 82.5 Å². The third kappa shape index (κ3) is 5.97. The zero-order valence-corrected chi connectivity index (χ0v) is 18.9. The minimum Gasteiger partial charge on any atom is -0.489 e. The van der Waals surface area contributed by atoms with E-state index < -0.39 is 5.97 Å². The Hall–Kier alpha value is -3.61. The SMILES string of the molecule is CCc1ccc(OCc2cccc(C(=O)Nc3cn(CC)nc3C(=O)OC(C)C)c2)cc1. The van der Waals surface area contributed by atoms with Crippen LogP contribution in [0.5, 0.6) is 5.75 Å². The summed E-state index contributed by atoms with van der Waals surface area (Å²) in [7, 11) is 0. The number of hydrogen-bond acceptors (Lipinski definition) is 5. The van der Waals surface area contributed by atoms with Gasteiger partial charge >= 0.3 is 5.97 Å². The van der Waals surface area contributed by atoms with Gasteiger partial charge in [0.2, 0.25) is 0 Å². The molecule has 0 aliphatic carbocycles. The predicted octanol–water partition coefficient (Wildman–Crippen LogP) is 4.86. The summed E-state index contributed by atoms with van der Waals surface area (Å²) >= 11 is 0. The van der Waals surface area contributed by atoms with Gasteiger partial charge in [0.1, 0.15) is 12.4 Å². The highest BCUT2D eigenvalue weighted by Crippen LogP contribution is 2.19. The van der Waals surface area contributed by atoms with Crippen molar-refractivity contribution in [3.05, 3.63) is 77.1 Å². The molecule has 1 amide bonds. The molecule has 168 valence electrons. The first-order chi connectivity index (χ1) is 15.4. The van der Waals surface area contributed by atoms with E-state index in [0.717, 1.165) is 17.7 Å². The van der Waals surface area contributed by atoms with Gasteiger partial charge in [0.05, 0.1) is 11.8 Å². The first-order valence-corrected chi connectivity index (χ1v) is 10.8. The highest BCUT2D eigenvalue weighted by atomic mass is 16.5. The van der Waals surface area contributed by atoms with Crippen LogP contribution in [0.1, 0.15) is 59.7 Å². The second-order valence-corrected chi connectivity index (χ2v) is 7.64. The lowest BCUT2D eigenvalue weighted by molar-refractivity contribution is 0.0371. The van der Waals surface area contributed by atoms with Gasteiger partial charge in [-0.15, -0.1) is 0 Å². The number of aryl methyl sites for hydroxylation is 2. The molecule has 3 aromatic rings. The van der Waals surface area contributed by atoms with Crippen molar-refractivity contribution in [2.45, 2.75) is 53.4 Å². The molecule has 0 unspecified atom stereocenters. The van der Waals surface area contributed by atoms with Crippen LogP contribution < -0.4 is 10.1 Å². The Morgan fingerprint density at radius 3 is 2.47 bits per heavy atom. The summed E-state index contributed by atoms with van der Waals surface area (Å²) in [6, 6.07) is 15.2. The van der Waals surface area contributed by atoms with E-state index in [-0.39, 0.29) is 17.7 Å². The molecule has 0 atom stereocenters. The summed E-state index contributed by atoms with van der Waals surface area (Å²) in [5, 5.41) is 7.01. The number of carbonyl (C=O) groups is 2. The molecule has 3 rings (SSSR count). The zero-order valence-electron chi connectivity index (χ0n) is 18.9. The van der Waals surface area contributed by atoms with Crippen LogP contribution >= 0.6 is 0 Å². The monoisotopic (exact) mass is 435 g/mol. The standard InChI is InChI=1S/C25H29N3O4/c1-5-18-10-12-21(13-11-18)31-16-19-8-7-9-20(14-19)24(29)26-22-15-28(6-2)27-23(22)25(30)32-17(3)4/h7-15,17H,5-6,16H2,1-4H3,(H,26,29). The number of carbonyl (C=O) groups excluding carboxylic acids is 2. The van der Waals surface area contributed by atoms with Crippen molar-refractivity contribution >= 4 is 17.6 Å². The third-order valence-corrected chi connectivity index (χ3v) is 4.80. The lowest BCUT2D eigenvalue weighted by atomic mass is 10.1. The van der Waals surface area contributed by atoms with E-state index >= 15 is 0 Å². The quantitative estimate of drug-likeness (QED) is 0.485. The molecule has 7 nitrogen and oxygen atoms in total. The van der Waals surface area contributed by atoms with Gasteiger partial charge in [-0.2, -0.15) is 5.10 Å². The minimum atomic E-state index is -0.571. The Morgan fingerprint density at radius 2 is 1.81 bits per heavy atom. The second-order valence-electron chi connectivity index (χ2n) is 7.64. The number of anilines is 1. The molecule has 0 aliphatic rings. The van der Waals surface area contributed by atoms with E-state index in [1.165, 1.54) is 5.56 Å². The number of ether oxygens (including phenoxy) is 2. The molecule has 0 spiro atoms. The molecule has 0 bridgehead atoms. The van der Waals surface area contributed by atoms with E-state index in [9.17, 15) is 9.59 Å². The molecule has 32 heavy (non-hydrogen) atoms. The van der Waals surface area contributed by atoms with E-state index in [1.807, 2.05) is 37.3 Å². The Labute approximate surface area is 188 Å². The number of benzene rings is 2. The second kappa shape index (κ2) is 10.6. The largest absolute Gasteiger partial charge is 0.489 e. The van der Waals surface area contributed by atoms with Crippen LogP contribution in [-0.2, 0) is 24.3 Å². The summed E-state index contributed by atoms with van der Waals surface area (Å²) < 4.78 is 12.7. The van der Waals surface area contributed by atoms with Crippen LogP contribution in [0.25, 0.3) is 0 Å². The molecule has 2 aromatic carbocycles. The maximum atomic E-state index is 12.9. The number of amides is 1. The van der Waals surface area contributed by atoms with Gasteiger partial charge in [0.15, 0.2) is 5.69 Å². The zero-order chi connectivity index (χ0) is 23.1. The molecular weight excluding hydrogens is 406 g/mol. The van der Waals surface area contributed by atoms with Crippen LogP contribution in [0, 0.1) is 0 Å². The predicted molar refractivity (Wildman–Crippen MR) is 123 cm³/mol. The van der Waals surface area contributed by atoms with Crippen molar-refractivity contribution in [1.29, 1.82) is 0 Å². The normalized spacial score (nSPS) is 10.8. The minimum absolute atomic E-state index is 0.0870. The molecule has 0 fully saturated rings. The summed E-state index contributed by atoms with van der Waals surface area (Å²) in [6.07, 6.45) is 2.32. The number of nitrogens with one attached hydrogen (secondary N) is 1. The highest BCUT2D eigenvalue weighted by molar-refractivity contribution is 6.07. The number of aromatic nitrogens is 2. The summed E-state index contributed by atoms with van der Waals surface area (Å²) in [4.78, 5) is 25.2. The maximum Gasteiger partial charge on any atom is 0.361 e. The smallest absolute Gasteiger partial charge is 0.361 e. The molecule has 1 N–H and O–H groups in total. The van der Waals surface area contributed by atoms with Crippen molar-refractivity contribution in [1.82, 2.24) is 9.78 Å². The van der Waals surface area contributed by atoms with Crippen LogP contribution in [-0.4, -0.2) is 27.8 Å². The first-order valence-electron chi connectivity index (χ1n) is 10.8. The van der Waals surface area contributed by atoms with Crippen LogP contribution in [0.15, 0.2) is 54.7 Å². The van der Waals surface area contributed by atoms with Crippen molar-refractivity contribution in [3.63, 3.8) is 0 Å². The number of rotatable bonds is 9. The Balaban J connectivity index is 1.70. The van der Waals surface area contributed by atoms with Crippen molar-refractivity contribution in [3.8, 4) is 5.75 Å². The van der Waals surface area contributed by atoms with E-state index in [4.69, 9.17) is 9.47 Å². The van der Waals surface area contributed by atoms with Gasteiger partial charge in [-0.05, 0) is 62.6 Å². The molecule has 7 heteroatoms. The van der Waals surface area contributed by atoms with Crippen molar-refractivity contribution in [2.24, 2.45) is 0 Å². The number of hydrogen-bond donors (Lipinski definition) is 1. The fourth-order valence-electron chi connectivity index (χ4n) is 3.08. The highest BCUT2D eigenvalue weighted by Gasteiger charge is 2.21. The molecule has 0 radical (unpaired) electrons. The molecule has 0 saturated heterocycles. The fraction of sp³-hybridized carbons (Fsp3) is 0.320. The van der Waals surface area contributed by atoms with Gasteiger partial charge in [-0.25, -0.2) is 4.79 Å². The van der Waals surface area contributed by atoms with Gasteiger partial charge in [-0.3, -0.25) is 9.48 Å². The van der Waals surface area contributed by atoms with Gasteiger partial charge in [0, 0.05) is 18.3 Å². The fourth-order valence-corrected chi connectivity index (χ4v) is 3.08. The average molecular weight is 436 g/mol. The molecule has 1 heterocycles. The van der Waals surface area contributed by atoms with Crippen LogP contribution in [0.2, 0.25) is 0 Å². The van der Waals surface area contributed by atoms with E-state index in [0.29, 0.717) is 24.4 Å². The van der Waals surface area contributed by atoms with Crippen LogP contribution in [0.4, 0.5) is 5.69 Å². The summed E-state index contributed by atoms with van der Waals surface area (Å²) in [5.41, 5.74) is 2.98. The Kier molecular flexibility index (Phi) is 7.65. The molecule has 0 aliphatic heterocycles. The molecule has 1 aromatic heterocycles. The van der Waals surface area contributed by atoms with Crippen molar-refractivity contribution < 1.29 is 19.1 Å². The number of nitrogens with zero attached hydrogens (tertiary/aromatic N) is 2. The summed E-state index contributed by atoms with van der Waals surface area (Å²) in [5.74, 6) is -0.135. The van der Waals surface area contributed by atoms with Gasteiger partial charge in [-0.1, -0.05) is 31.2 Å². The lowest BCUT2D eigenvalue weighted by Crippen LogP contribution is -2.17. The maximum absolute atomic E-state index is 12.9. The van der Waals surface area contributed by atoms with Crippen LogP contribution in [0.3, 0.4) is 0 Å². The molecular formula is C25H29N3O4. The summed E-state index contributed by atoms with van der Waals surface area (Å²) in [6.45, 7) is 8.43. The van der Waals surface area contributed by atoms with Crippen molar-refractivity contribution in [2.75, 3.05) is 5.32 Å². The lowest BCUT2D eigenvalue weighted by Gasteiger charge is -2.10. The third-order valence-electron chi connectivity index (χ3n) is 4.80. The Morgan fingerprint density at radius 1 is 1.06 bits per heavy atom. The van der Waals surface area contributed by atoms with Gasteiger partial charge in [0.25, 0.3) is 5.91 Å². The molecule has 0 saturated carbocycles.